The molecule has 0 radical (unpaired) electrons. The number of benzene rings is 2. The molecular formula is C22H24O7. The molecule has 0 fully saturated rings. The fourth-order valence-electron chi connectivity index (χ4n) is 3.37. The average molecular weight is 400 g/mol. The Balaban J connectivity index is 2.15. The van der Waals surface area contributed by atoms with E-state index in [-0.39, 0.29) is 29.6 Å². The molecule has 2 aromatic carbocycles. The number of esters is 1. The van der Waals surface area contributed by atoms with Crippen LogP contribution in [0.3, 0.4) is 0 Å². The lowest BCUT2D eigenvalue weighted by Crippen LogP contribution is -2.15. The minimum atomic E-state index is -0.800. The predicted molar refractivity (Wildman–Crippen MR) is 105 cm³/mol. The van der Waals surface area contributed by atoms with E-state index in [4.69, 9.17) is 18.9 Å². The van der Waals surface area contributed by atoms with Gasteiger partial charge in [0.1, 0.15) is 30.0 Å². The highest BCUT2D eigenvalue weighted by atomic mass is 16.6. The third-order valence-corrected chi connectivity index (χ3v) is 4.69. The van der Waals surface area contributed by atoms with E-state index >= 15 is 0 Å². The van der Waals surface area contributed by atoms with Gasteiger partial charge in [-0.3, -0.25) is 4.79 Å². The van der Waals surface area contributed by atoms with E-state index in [0.717, 1.165) is 0 Å². The van der Waals surface area contributed by atoms with Crippen LogP contribution in [-0.2, 0) is 11.3 Å². The average Bonchev–Trinajstić information content (AvgIpc) is 2.70. The Morgan fingerprint density at radius 3 is 2.59 bits per heavy atom. The van der Waals surface area contributed by atoms with Crippen LogP contribution >= 0.6 is 0 Å². The van der Waals surface area contributed by atoms with Gasteiger partial charge in [-0.1, -0.05) is 13.8 Å². The normalized spacial score (nSPS) is 13.9. The molecule has 0 amide bonds. The minimum absolute atomic E-state index is 0.0972. The molecule has 0 saturated heterocycles. The van der Waals surface area contributed by atoms with E-state index in [0.29, 0.717) is 40.9 Å². The van der Waals surface area contributed by atoms with Crippen LogP contribution in [-0.4, -0.2) is 31.6 Å². The molecule has 1 unspecified atom stereocenters. The number of cyclic esters (lactones) is 1. The summed E-state index contributed by atoms with van der Waals surface area (Å²) in [6.45, 7) is 3.89. The first-order chi connectivity index (χ1) is 13.9. The summed E-state index contributed by atoms with van der Waals surface area (Å²) < 4.78 is 22.3. The molecule has 0 bridgehead atoms. The second kappa shape index (κ2) is 8.53. The summed E-state index contributed by atoms with van der Waals surface area (Å²) in [6.07, 6.45) is 0.393. The molecule has 1 aliphatic rings. The maximum absolute atomic E-state index is 12.8. The Bertz CT molecular complexity index is 933. The SMILES string of the molecule is COc1cc(C=O)cc2c1Oc1ccc(C(O)CC(C)C)c(OC)c1C(=O)OC2. The summed E-state index contributed by atoms with van der Waals surface area (Å²) in [5.74, 6) is 0.735. The maximum atomic E-state index is 12.8. The van der Waals surface area contributed by atoms with Gasteiger partial charge in [0, 0.05) is 16.7 Å². The fraction of sp³-hybridized carbons (Fsp3) is 0.364. The number of aldehydes is 1. The smallest absolute Gasteiger partial charge is 0.346 e. The molecule has 0 saturated carbocycles. The number of hydrogen-bond donors (Lipinski definition) is 1. The van der Waals surface area contributed by atoms with Crippen molar-refractivity contribution >= 4 is 12.3 Å². The number of ether oxygens (including phenoxy) is 4. The topological polar surface area (TPSA) is 91.3 Å². The molecule has 1 N–H and O–H groups in total. The molecule has 7 nitrogen and oxygen atoms in total. The van der Waals surface area contributed by atoms with Crippen molar-refractivity contribution in [2.45, 2.75) is 33.0 Å². The van der Waals surface area contributed by atoms with Gasteiger partial charge < -0.3 is 24.1 Å². The zero-order valence-corrected chi connectivity index (χ0v) is 16.9. The van der Waals surface area contributed by atoms with Crippen molar-refractivity contribution in [3.63, 3.8) is 0 Å². The second-order valence-electron chi connectivity index (χ2n) is 7.21. The third-order valence-electron chi connectivity index (χ3n) is 4.69. The summed E-state index contributed by atoms with van der Waals surface area (Å²) in [5.41, 5.74) is 1.48. The number of fused-ring (bicyclic) bond motifs is 2. The molecule has 3 rings (SSSR count). The number of methoxy groups -OCH3 is 2. The van der Waals surface area contributed by atoms with Crippen LogP contribution in [0, 0.1) is 5.92 Å². The molecule has 0 aliphatic carbocycles. The minimum Gasteiger partial charge on any atom is -0.495 e. The van der Waals surface area contributed by atoms with Crippen molar-refractivity contribution in [3.8, 4) is 23.0 Å². The Morgan fingerprint density at radius 2 is 1.97 bits per heavy atom. The van der Waals surface area contributed by atoms with Gasteiger partial charge in [0.05, 0.1) is 20.3 Å². The number of rotatable bonds is 6. The van der Waals surface area contributed by atoms with Crippen molar-refractivity contribution in [1.82, 2.24) is 0 Å². The third kappa shape index (κ3) is 4.05. The van der Waals surface area contributed by atoms with Crippen molar-refractivity contribution < 1.29 is 33.6 Å². The van der Waals surface area contributed by atoms with Crippen molar-refractivity contribution in [2.75, 3.05) is 14.2 Å². The van der Waals surface area contributed by atoms with Gasteiger partial charge in [0.2, 0.25) is 0 Å². The molecule has 1 atom stereocenters. The standard InChI is InChI=1S/C22H24O7/c1-12(2)7-16(24)15-5-6-17-19(21(15)27-4)22(25)28-11-14-8-13(10-23)9-18(26-3)20(14)29-17/h5-6,8-10,12,16,24H,7,11H2,1-4H3. The van der Waals surface area contributed by atoms with Gasteiger partial charge >= 0.3 is 5.97 Å². The highest BCUT2D eigenvalue weighted by molar-refractivity contribution is 5.97. The van der Waals surface area contributed by atoms with E-state index in [9.17, 15) is 14.7 Å². The Hall–Kier alpha value is -3.06. The molecule has 7 heteroatoms. The quantitative estimate of drug-likeness (QED) is 0.577. The van der Waals surface area contributed by atoms with E-state index in [2.05, 4.69) is 0 Å². The van der Waals surface area contributed by atoms with Crippen molar-refractivity contribution in [1.29, 1.82) is 0 Å². The van der Waals surface area contributed by atoms with Crippen LogP contribution < -0.4 is 14.2 Å². The Kier molecular flexibility index (Phi) is 6.08. The van der Waals surface area contributed by atoms with Crippen LogP contribution in [0.5, 0.6) is 23.0 Å². The van der Waals surface area contributed by atoms with Crippen LogP contribution in [0.15, 0.2) is 24.3 Å². The molecule has 29 heavy (non-hydrogen) atoms. The van der Waals surface area contributed by atoms with E-state index in [1.54, 1.807) is 24.3 Å². The fourth-order valence-corrected chi connectivity index (χ4v) is 3.37. The van der Waals surface area contributed by atoms with Gasteiger partial charge in [0.15, 0.2) is 11.5 Å². The summed E-state index contributed by atoms with van der Waals surface area (Å²) in [4.78, 5) is 24.0. The zero-order valence-electron chi connectivity index (χ0n) is 16.9. The summed E-state index contributed by atoms with van der Waals surface area (Å²) >= 11 is 0. The molecule has 0 aromatic heterocycles. The van der Waals surface area contributed by atoms with Crippen LogP contribution in [0.25, 0.3) is 0 Å². The Morgan fingerprint density at radius 1 is 1.21 bits per heavy atom. The van der Waals surface area contributed by atoms with Gasteiger partial charge in [-0.15, -0.1) is 0 Å². The summed E-state index contributed by atoms with van der Waals surface area (Å²) in [7, 11) is 2.89. The van der Waals surface area contributed by atoms with Gasteiger partial charge in [0.25, 0.3) is 0 Å². The van der Waals surface area contributed by atoms with Crippen molar-refractivity contribution in [3.05, 3.63) is 46.5 Å². The number of aliphatic hydroxyl groups is 1. The highest BCUT2D eigenvalue weighted by Gasteiger charge is 2.30. The number of carbonyl (C=O) groups is 2. The molecular weight excluding hydrogens is 376 g/mol. The van der Waals surface area contributed by atoms with E-state index in [1.165, 1.54) is 14.2 Å². The highest BCUT2D eigenvalue weighted by Crippen LogP contribution is 2.44. The molecule has 1 aliphatic heterocycles. The monoisotopic (exact) mass is 400 g/mol. The molecule has 0 spiro atoms. The molecule has 154 valence electrons. The van der Waals surface area contributed by atoms with E-state index in [1.807, 2.05) is 13.8 Å². The van der Waals surface area contributed by atoms with Crippen LogP contribution in [0.1, 0.15) is 58.2 Å². The zero-order chi connectivity index (χ0) is 21.1. The van der Waals surface area contributed by atoms with Crippen molar-refractivity contribution in [2.24, 2.45) is 5.92 Å². The van der Waals surface area contributed by atoms with Gasteiger partial charge in [-0.2, -0.15) is 0 Å². The molecule has 2 aromatic rings. The predicted octanol–water partition coefficient (Wildman–Crippen LogP) is 4.06. The summed E-state index contributed by atoms with van der Waals surface area (Å²) in [5, 5.41) is 10.6. The number of carbonyl (C=O) groups excluding carboxylic acids is 2. The summed E-state index contributed by atoms with van der Waals surface area (Å²) in [6, 6.07) is 6.40. The first-order valence-corrected chi connectivity index (χ1v) is 9.29. The first kappa shape index (κ1) is 20.7. The number of aliphatic hydroxyl groups excluding tert-OH is 1. The van der Waals surface area contributed by atoms with Gasteiger partial charge in [-0.25, -0.2) is 4.79 Å². The van der Waals surface area contributed by atoms with E-state index < -0.39 is 12.1 Å². The maximum Gasteiger partial charge on any atom is 0.346 e. The lowest BCUT2D eigenvalue weighted by atomic mass is 9.96. The second-order valence-corrected chi connectivity index (χ2v) is 7.21. The van der Waals surface area contributed by atoms with Crippen LogP contribution in [0.4, 0.5) is 0 Å². The van der Waals surface area contributed by atoms with Crippen LogP contribution in [0.2, 0.25) is 0 Å². The largest absolute Gasteiger partial charge is 0.495 e. The molecule has 1 heterocycles. The lowest BCUT2D eigenvalue weighted by Gasteiger charge is -2.24. The van der Waals surface area contributed by atoms with Gasteiger partial charge in [-0.05, 0) is 36.6 Å². The number of hydrogen-bond acceptors (Lipinski definition) is 7. The first-order valence-electron chi connectivity index (χ1n) is 9.29. The Labute approximate surface area is 169 Å². The lowest BCUT2D eigenvalue weighted by molar-refractivity contribution is 0.0454.